The van der Waals surface area contributed by atoms with Gasteiger partial charge in [0, 0.05) is 25.3 Å². The lowest BCUT2D eigenvalue weighted by Gasteiger charge is -2.14. The van der Waals surface area contributed by atoms with Gasteiger partial charge in [-0.05, 0) is 25.1 Å². The van der Waals surface area contributed by atoms with Gasteiger partial charge in [0.15, 0.2) is 6.29 Å². The molecule has 0 unspecified atom stereocenters. The van der Waals surface area contributed by atoms with Gasteiger partial charge < -0.3 is 9.64 Å². The second kappa shape index (κ2) is 5.30. The van der Waals surface area contributed by atoms with Crippen LogP contribution in [0.5, 0.6) is 0 Å². The molecule has 86 valence electrons. The molecule has 1 aromatic carbocycles. The third kappa shape index (κ3) is 2.59. The predicted molar refractivity (Wildman–Crippen MR) is 62.1 cm³/mol. The summed E-state index contributed by atoms with van der Waals surface area (Å²) in [7, 11) is 3.73. The van der Waals surface area contributed by atoms with Crippen LogP contribution in [-0.2, 0) is 4.74 Å². The summed E-state index contributed by atoms with van der Waals surface area (Å²) < 4.78 is 4.89. The zero-order chi connectivity index (χ0) is 12.1. The molecule has 4 nitrogen and oxygen atoms in total. The smallest absolute Gasteiger partial charge is 0.338 e. The number of hydrogen-bond donors (Lipinski definition) is 0. The van der Waals surface area contributed by atoms with Crippen molar-refractivity contribution in [2.45, 2.75) is 6.92 Å². The van der Waals surface area contributed by atoms with E-state index in [1.165, 1.54) is 0 Å². The molecule has 0 saturated carbocycles. The molecule has 0 fully saturated rings. The molecule has 1 aromatic rings. The molecule has 0 aromatic heterocycles. The predicted octanol–water partition coefficient (Wildman–Crippen LogP) is 1.74. The first kappa shape index (κ1) is 12.2. The lowest BCUT2D eigenvalue weighted by molar-refractivity contribution is 0.0524. The lowest BCUT2D eigenvalue weighted by atomic mass is 10.1. The Balaban J connectivity index is 3.16. The van der Waals surface area contributed by atoms with Crippen LogP contribution in [0.15, 0.2) is 18.2 Å². The van der Waals surface area contributed by atoms with Crippen LogP contribution >= 0.6 is 0 Å². The third-order valence-corrected chi connectivity index (χ3v) is 2.18. The van der Waals surface area contributed by atoms with Crippen LogP contribution in [0.1, 0.15) is 27.6 Å². The van der Waals surface area contributed by atoms with Crippen molar-refractivity contribution in [2.24, 2.45) is 0 Å². The Bertz CT molecular complexity index is 399. The Labute approximate surface area is 94.8 Å². The summed E-state index contributed by atoms with van der Waals surface area (Å²) >= 11 is 0. The summed E-state index contributed by atoms with van der Waals surface area (Å²) in [4.78, 5) is 24.3. The lowest BCUT2D eigenvalue weighted by Crippen LogP contribution is -2.12. The molecule has 0 amide bonds. The van der Waals surface area contributed by atoms with E-state index in [2.05, 4.69) is 0 Å². The number of benzene rings is 1. The molecule has 0 radical (unpaired) electrons. The highest BCUT2D eigenvalue weighted by Gasteiger charge is 2.13. The van der Waals surface area contributed by atoms with Gasteiger partial charge in [0.25, 0.3) is 0 Å². The quantitative estimate of drug-likeness (QED) is 0.574. The summed E-state index contributed by atoms with van der Waals surface area (Å²) in [5.41, 5.74) is 1.51. The molecular weight excluding hydrogens is 206 g/mol. The maximum Gasteiger partial charge on any atom is 0.338 e. The molecule has 1 rings (SSSR count). The van der Waals surface area contributed by atoms with Crippen molar-refractivity contribution in [1.29, 1.82) is 0 Å². The molecule has 0 spiro atoms. The van der Waals surface area contributed by atoms with Gasteiger partial charge in [-0.3, -0.25) is 4.79 Å². The Morgan fingerprint density at radius 1 is 1.44 bits per heavy atom. The van der Waals surface area contributed by atoms with E-state index in [-0.39, 0.29) is 0 Å². The summed E-state index contributed by atoms with van der Waals surface area (Å²) in [5, 5.41) is 0. The minimum atomic E-state index is -0.465. The Morgan fingerprint density at radius 3 is 2.62 bits per heavy atom. The van der Waals surface area contributed by atoms with Gasteiger partial charge in [0.1, 0.15) is 0 Å². The van der Waals surface area contributed by atoms with Crippen molar-refractivity contribution < 1.29 is 14.3 Å². The topological polar surface area (TPSA) is 46.6 Å². The van der Waals surface area contributed by atoms with Crippen LogP contribution in [0.4, 0.5) is 5.69 Å². The maximum absolute atomic E-state index is 11.6. The van der Waals surface area contributed by atoms with Gasteiger partial charge in [0.05, 0.1) is 12.2 Å². The fourth-order valence-corrected chi connectivity index (χ4v) is 1.31. The van der Waals surface area contributed by atoms with Gasteiger partial charge in [-0.2, -0.15) is 0 Å². The van der Waals surface area contributed by atoms with Gasteiger partial charge >= 0.3 is 5.97 Å². The summed E-state index contributed by atoms with van der Waals surface area (Å²) in [6, 6.07) is 5.06. The van der Waals surface area contributed by atoms with Crippen molar-refractivity contribution in [2.75, 3.05) is 25.6 Å². The molecule has 0 aliphatic rings. The van der Waals surface area contributed by atoms with Gasteiger partial charge in [-0.1, -0.05) is 0 Å². The summed E-state index contributed by atoms with van der Waals surface area (Å²) in [5.74, 6) is -0.465. The van der Waals surface area contributed by atoms with Crippen LogP contribution < -0.4 is 4.90 Å². The van der Waals surface area contributed by atoms with Crippen molar-refractivity contribution in [3.8, 4) is 0 Å². The Hall–Kier alpha value is -1.84. The molecule has 0 saturated heterocycles. The van der Waals surface area contributed by atoms with Crippen LogP contribution in [-0.4, -0.2) is 33.0 Å². The first-order chi connectivity index (χ1) is 7.60. The van der Waals surface area contributed by atoms with E-state index in [0.717, 1.165) is 5.69 Å². The van der Waals surface area contributed by atoms with E-state index in [4.69, 9.17) is 4.74 Å². The average Bonchev–Trinajstić information content (AvgIpc) is 2.28. The zero-order valence-corrected chi connectivity index (χ0v) is 9.69. The van der Waals surface area contributed by atoms with E-state index in [1.807, 2.05) is 19.0 Å². The second-order valence-corrected chi connectivity index (χ2v) is 3.50. The van der Waals surface area contributed by atoms with Crippen LogP contribution in [0.25, 0.3) is 0 Å². The summed E-state index contributed by atoms with van der Waals surface area (Å²) in [6.07, 6.45) is 0.658. The van der Waals surface area contributed by atoms with Crippen LogP contribution in [0.2, 0.25) is 0 Å². The zero-order valence-electron chi connectivity index (χ0n) is 9.69. The van der Waals surface area contributed by atoms with Gasteiger partial charge in [-0.15, -0.1) is 0 Å². The average molecular weight is 221 g/mol. The summed E-state index contributed by atoms with van der Waals surface area (Å²) in [6.45, 7) is 2.03. The second-order valence-electron chi connectivity index (χ2n) is 3.50. The SMILES string of the molecule is CCOC(=O)c1cc(N(C)C)ccc1C=O. The highest BCUT2D eigenvalue weighted by atomic mass is 16.5. The van der Waals surface area contributed by atoms with E-state index in [1.54, 1.807) is 25.1 Å². The highest BCUT2D eigenvalue weighted by molar-refractivity contribution is 5.99. The van der Waals surface area contributed by atoms with E-state index in [0.29, 0.717) is 24.0 Å². The number of esters is 1. The maximum atomic E-state index is 11.6. The van der Waals surface area contributed by atoms with Crippen LogP contribution in [0, 0.1) is 0 Å². The number of carbonyl (C=O) groups excluding carboxylic acids is 2. The molecule has 4 heteroatoms. The molecule has 0 heterocycles. The minimum Gasteiger partial charge on any atom is -0.462 e. The first-order valence-electron chi connectivity index (χ1n) is 5.03. The number of rotatable bonds is 4. The Kier molecular flexibility index (Phi) is 4.05. The standard InChI is InChI=1S/C12H15NO3/c1-4-16-12(15)11-7-10(13(2)3)6-5-9(11)8-14/h5-8H,4H2,1-3H3. The van der Waals surface area contributed by atoms with Crippen molar-refractivity contribution in [3.63, 3.8) is 0 Å². The Morgan fingerprint density at radius 2 is 2.12 bits per heavy atom. The molecule has 0 aliphatic heterocycles. The molecule has 0 aliphatic carbocycles. The number of ether oxygens (including phenoxy) is 1. The van der Waals surface area contributed by atoms with Gasteiger partial charge in [0.2, 0.25) is 0 Å². The van der Waals surface area contributed by atoms with Gasteiger partial charge in [-0.25, -0.2) is 4.79 Å². The van der Waals surface area contributed by atoms with Crippen molar-refractivity contribution in [3.05, 3.63) is 29.3 Å². The van der Waals surface area contributed by atoms with E-state index < -0.39 is 5.97 Å². The van der Waals surface area contributed by atoms with Crippen LogP contribution in [0.3, 0.4) is 0 Å². The normalized spacial score (nSPS) is 9.69. The van der Waals surface area contributed by atoms with E-state index in [9.17, 15) is 9.59 Å². The number of carbonyl (C=O) groups is 2. The molecule has 16 heavy (non-hydrogen) atoms. The monoisotopic (exact) mass is 221 g/mol. The fraction of sp³-hybridized carbons (Fsp3) is 0.333. The molecule has 0 atom stereocenters. The number of aldehydes is 1. The highest BCUT2D eigenvalue weighted by Crippen LogP contribution is 2.17. The molecular formula is C12H15NO3. The molecule has 0 bridgehead atoms. The third-order valence-electron chi connectivity index (χ3n) is 2.18. The fourth-order valence-electron chi connectivity index (χ4n) is 1.31. The molecule has 0 N–H and O–H groups in total. The number of nitrogens with zero attached hydrogens (tertiary/aromatic N) is 1. The number of anilines is 1. The van der Waals surface area contributed by atoms with Crippen molar-refractivity contribution in [1.82, 2.24) is 0 Å². The number of hydrogen-bond acceptors (Lipinski definition) is 4. The largest absolute Gasteiger partial charge is 0.462 e. The first-order valence-corrected chi connectivity index (χ1v) is 5.03. The van der Waals surface area contributed by atoms with E-state index >= 15 is 0 Å². The van der Waals surface area contributed by atoms with Crippen molar-refractivity contribution >= 4 is 17.9 Å². The minimum absolute atomic E-state index is 0.295.